The summed E-state index contributed by atoms with van der Waals surface area (Å²) in [5.74, 6) is 0.610. The van der Waals surface area contributed by atoms with Crippen LogP contribution in [0.25, 0.3) is 0 Å². The van der Waals surface area contributed by atoms with Gasteiger partial charge in [-0.05, 0) is 23.9 Å². The van der Waals surface area contributed by atoms with Crippen LogP contribution >= 0.6 is 11.8 Å². The number of alkyl halides is 1. The molecule has 0 aromatic heterocycles. The Hall–Kier alpha value is -1.48. The van der Waals surface area contributed by atoms with Gasteiger partial charge in [0, 0.05) is 5.56 Å². The minimum absolute atomic E-state index is 0.538. The van der Waals surface area contributed by atoms with Gasteiger partial charge in [0.1, 0.15) is 5.75 Å². The van der Waals surface area contributed by atoms with Gasteiger partial charge < -0.3 is 4.74 Å². The predicted octanol–water partition coefficient (Wildman–Crippen LogP) is 3.95. The lowest BCUT2D eigenvalue weighted by Gasteiger charge is -2.18. The highest BCUT2D eigenvalue weighted by atomic mass is 32.2. The van der Waals surface area contributed by atoms with Gasteiger partial charge >= 0.3 is 5.19 Å². The molecule has 1 atom stereocenters. The Labute approximate surface area is 97.2 Å². The summed E-state index contributed by atoms with van der Waals surface area (Å²) in [7, 11) is 0. The van der Waals surface area contributed by atoms with Crippen LogP contribution in [0.15, 0.2) is 59.5 Å². The molecule has 0 amide bonds. The summed E-state index contributed by atoms with van der Waals surface area (Å²) in [4.78, 5) is 0.842. The average Bonchev–Trinajstić information content (AvgIpc) is 2.68. The topological polar surface area (TPSA) is 9.23 Å². The Kier molecular flexibility index (Phi) is 2.14. The summed E-state index contributed by atoms with van der Waals surface area (Å²) in [6, 6.07) is 16.3. The second kappa shape index (κ2) is 3.52. The zero-order valence-electron chi connectivity index (χ0n) is 8.39. The van der Waals surface area contributed by atoms with Gasteiger partial charge in [0.15, 0.2) is 0 Å². The highest BCUT2D eigenvalue weighted by Gasteiger charge is 2.42. The molecule has 3 heteroatoms. The largest absolute Gasteiger partial charge is 0.444 e. The zero-order valence-corrected chi connectivity index (χ0v) is 9.21. The van der Waals surface area contributed by atoms with Crippen LogP contribution in [0.1, 0.15) is 5.56 Å². The summed E-state index contributed by atoms with van der Waals surface area (Å²) in [5, 5.41) is -1.79. The van der Waals surface area contributed by atoms with Crippen LogP contribution in [0.3, 0.4) is 0 Å². The monoisotopic (exact) mass is 232 g/mol. The molecule has 0 N–H and O–H groups in total. The number of hydrogen-bond donors (Lipinski definition) is 0. The molecule has 1 aliphatic heterocycles. The molecule has 80 valence electrons. The second-order valence-electron chi connectivity index (χ2n) is 3.55. The summed E-state index contributed by atoms with van der Waals surface area (Å²) in [5.41, 5.74) is 0.538. The highest BCUT2D eigenvalue weighted by molar-refractivity contribution is 8.00. The Morgan fingerprint density at radius 1 is 0.938 bits per heavy atom. The fourth-order valence-electron chi connectivity index (χ4n) is 1.68. The van der Waals surface area contributed by atoms with Gasteiger partial charge in [0.2, 0.25) is 0 Å². The van der Waals surface area contributed by atoms with Crippen LogP contribution in [0, 0.1) is 0 Å². The number of halogens is 1. The Balaban J connectivity index is 2.01. The zero-order chi connectivity index (χ0) is 11.0. The third-order valence-electron chi connectivity index (χ3n) is 2.45. The molecule has 1 nitrogen and oxygen atoms in total. The van der Waals surface area contributed by atoms with Crippen molar-refractivity contribution in [2.24, 2.45) is 0 Å². The van der Waals surface area contributed by atoms with E-state index in [4.69, 9.17) is 4.74 Å². The molecule has 1 unspecified atom stereocenters. The first-order valence-corrected chi connectivity index (χ1v) is 5.81. The lowest BCUT2D eigenvalue weighted by atomic mass is 10.2. The van der Waals surface area contributed by atoms with Crippen LogP contribution in [-0.2, 0) is 5.19 Å². The molecule has 0 radical (unpaired) electrons. The summed E-state index contributed by atoms with van der Waals surface area (Å²) in [6.45, 7) is 0. The van der Waals surface area contributed by atoms with Gasteiger partial charge in [-0.2, -0.15) is 4.39 Å². The van der Waals surface area contributed by atoms with E-state index in [9.17, 15) is 4.39 Å². The van der Waals surface area contributed by atoms with Crippen molar-refractivity contribution in [1.29, 1.82) is 0 Å². The number of fused-ring (bicyclic) bond motifs is 1. The predicted molar refractivity (Wildman–Crippen MR) is 62.2 cm³/mol. The Morgan fingerprint density at radius 3 is 2.38 bits per heavy atom. The van der Waals surface area contributed by atoms with Crippen molar-refractivity contribution in [2.45, 2.75) is 10.1 Å². The van der Waals surface area contributed by atoms with E-state index >= 15 is 0 Å². The average molecular weight is 232 g/mol. The smallest absolute Gasteiger partial charge is 0.328 e. The first-order valence-electron chi connectivity index (χ1n) is 4.99. The van der Waals surface area contributed by atoms with E-state index in [1.54, 1.807) is 18.2 Å². The molecule has 1 aliphatic rings. The van der Waals surface area contributed by atoms with Crippen molar-refractivity contribution >= 4 is 11.8 Å². The highest BCUT2D eigenvalue weighted by Crippen LogP contribution is 2.53. The molecule has 0 saturated carbocycles. The lowest BCUT2D eigenvalue weighted by Crippen LogP contribution is -2.19. The second-order valence-corrected chi connectivity index (χ2v) is 4.72. The molecule has 16 heavy (non-hydrogen) atoms. The van der Waals surface area contributed by atoms with E-state index in [2.05, 4.69) is 0 Å². The molecule has 0 bridgehead atoms. The van der Waals surface area contributed by atoms with Gasteiger partial charge in [-0.25, -0.2) is 0 Å². The fraction of sp³-hybridized carbons (Fsp3) is 0.0769. The number of para-hydroxylation sites is 1. The normalized spacial score (nSPS) is 22.6. The maximum absolute atomic E-state index is 14.6. The van der Waals surface area contributed by atoms with Gasteiger partial charge in [-0.1, -0.05) is 42.5 Å². The van der Waals surface area contributed by atoms with E-state index < -0.39 is 5.19 Å². The number of benzene rings is 2. The maximum atomic E-state index is 14.6. The number of ether oxygens (including phenoxy) is 1. The van der Waals surface area contributed by atoms with E-state index in [1.165, 1.54) is 0 Å². The molecule has 2 aromatic rings. The molecule has 1 heterocycles. The van der Waals surface area contributed by atoms with Crippen molar-refractivity contribution in [2.75, 3.05) is 0 Å². The molecule has 2 aromatic carbocycles. The minimum Gasteiger partial charge on any atom is -0.444 e. The van der Waals surface area contributed by atoms with Crippen LogP contribution in [0.2, 0.25) is 0 Å². The Morgan fingerprint density at radius 2 is 1.62 bits per heavy atom. The van der Waals surface area contributed by atoms with Gasteiger partial charge in [-0.3, -0.25) is 0 Å². The van der Waals surface area contributed by atoms with Crippen molar-refractivity contribution in [1.82, 2.24) is 0 Å². The third-order valence-corrected chi connectivity index (χ3v) is 3.59. The van der Waals surface area contributed by atoms with Gasteiger partial charge in [-0.15, -0.1) is 0 Å². The summed E-state index contributed by atoms with van der Waals surface area (Å²) < 4.78 is 20.0. The van der Waals surface area contributed by atoms with E-state index in [0.29, 0.717) is 11.3 Å². The van der Waals surface area contributed by atoms with E-state index in [1.807, 2.05) is 36.4 Å². The van der Waals surface area contributed by atoms with Gasteiger partial charge in [0.05, 0.1) is 4.90 Å². The van der Waals surface area contributed by atoms with Crippen molar-refractivity contribution in [3.63, 3.8) is 0 Å². The van der Waals surface area contributed by atoms with Crippen LogP contribution in [0.4, 0.5) is 4.39 Å². The maximum Gasteiger partial charge on any atom is 0.328 e. The quantitative estimate of drug-likeness (QED) is 0.736. The van der Waals surface area contributed by atoms with Crippen molar-refractivity contribution in [3.8, 4) is 5.75 Å². The van der Waals surface area contributed by atoms with E-state index in [-0.39, 0.29) is 0 Å². The van der Waals surface area contributed by atoms with E-state index in [0.717, 1.165) is 16.7 Å². The molecule has 0 saturated heterocycles. The van der Waals surface area contributed by atoms with Crippen LogP contribution in [-0.4, -0.2) is 0 Å². The standard InChI is InChI=1S/C13H9FOS/c14-13(10-6-2-1-3-7-10)15-11-8-4-5-9-12(11)16-13/h1-9H. The fourth-order valence-corrected chi connectivity index (χ4v) is 2.70. The van der Waals surface area contributed by atoms with Crippen molar-refractivity contribution < 1.29 is 9.13 Å². The van der Waals surface area contributed by atoms with Gasteiger partial charge in [0.25, 0.3) is 0 Å². The third kappa shape index (κ3) is 1.48. The first-order chi connectivity index (χ1) is 7.78. The number of rotatable bonds is 1. The lowest BCUT2D eigenvalue weighted by molar-refractivity contribution is 0.0332. The Bertz CT molecular complexity index is 487. The number of thioether (sulfide) groups is 1. The van der Waals surface area contributed by atoms with Crippen LogP contribution < -0.4 is 4.74 Å². The number of hydrogen-bond acceptors (Lipinski definition) is 2. The molecular formula is C13H9FOS. The molecule has 0 fully saturated rings. The SMILES string of the molecule is FC1(c2ccccc2)Oc2ccccc2S1. The minimum atomic E-state index is -1.79. The van der Waals surface area contributed by atoms with Crippen molar-refractivity contribution in [3.05, 3.63) is 60.2 Å². The first kappa shape index (κ1) is 9.73. The van der Waals surface area contributed by atoms with Crippen LogP contribution in [0.5, 0.6) is 5.75 Å². The molecule has 0 spiro atoms. The summed E-state index contributed by atoms with van der Waals surface area (Å²) in [6.07, 6.45) is 0. The molecule has 0 aliphatic carbocycles. The molecular weight excluding hydrogens is 223 g/mol. The molecule has 3 rings (SSSR count). The summed E-state index contributed by atoms with van der Waals surface area (Å²) >= 11 is 1.10.